The lowest BCUT2D eigenvalue weighted by atomic mass is 10.3. The monoisotopic (exact) mass is 200 g/mol. The van der Waals surface area contributed by atoms with Gasteiger partial charge in [0, 0.05) is 6.07 Å². The third-order valence-corrected chi connectivity index (χ3v) is 1.61. The van der Waals surface area contributed by atoms with Crippen LogP contribution in [0, 0.1) is 0 Å². The Hall–Kier alpha value is -1.42. The molecule has 0 saturated carbocycles. The highest BCUT2D eigenvalue weighted by molar-refractivity contribution is 5.85. The minimum Gasteiger partial charge on any atom is -0.497 e. The SMILES string of the molecule is COc1ccc2nc(N)oc2c1.Cl. The number of hydrogen-bond donors (Lipinski definition) is 1. The van der Waals surface area contributed by atoms with Gasteiger partial charge >= 0.3 is 0 Å². The highest BCUT2D eigenvalue weighted by Crippen LogP contribution is 2.21. The molecule has 0 radical (unpaired) electrons. The minimum absolute atomic E-state index is 0. The fraction of sp³-hybridized carbons (Fsp3) is 0.125. The molecule has 1 aromatic heterocycles. The Kier molecular flexibility index (Phi) is 2.63. The Labute approximate surface area is 81.1 Å². The van der Waals surface area contributed by atoms with E-state index in [1.165, 1.54) is 0 Å². The van der Waals surface area contributed by atoms with Crippen molar-refractivity contribution in [1.82, 2.24) is 4.98 Å². The Balaban J connectivity index is 0.000000845. The van der Waals surface area contributed by atoms with E-state index in [0.29, 0.717) is 5.58 Å². The summed E-state index contributed by atoms with van der Waals surface area (Å²) in [6, 6.07) is 5.54. The number of rotatable bonds is 1. The van der Waals surface area contributed by atoms with Gasteiger partial charge in [0.05, 0.1) is 7.11 Å². The van der Waals surface area contributed by atoms with E-state index in [2.05, 4.69) is 4.98 Å². The summed E-state index contributed by atoms with van der Waals surface area (Å²) in [5.41, 5.74) is 6.75. The van der Waals surface area contributed by atoms with E-state index >= 15 is 0 Å². The van der Waals surface area contributed by atoms with E-state index in [-0.39, 0.29) is 18.4 Å². The van der Waals surface area contributed by atoms with Crippen molar-refractivity contribution >= 4 is 29.5 Å². The molecule has 0 saturated heterocycles. The van der Waals surface area contributed by atoms with Gasteiger partial charge in [0.1, 0.15) is 11.3 Å². The summed E-state index contributed by atoms with van der Waals surface area (Å²) in [7, 11) is 1.60. The van der Waals surface area contributed by atoms with E-state index in [1.54, 1.807) is 19.2 Å². The Bertz CT molecular complexity index is 413. The van der Waals surface area contributed by atoms with Crippen LogP contribution in [0.3, 0.4) is 0 Å². The van der Waals surface area contributed by atoms with Gasteiger partial charge in [-0.1, -0.05) is 0 Å². The van der Waals surface area contributed by atoms with Crippen molar-refractivity contribution in [3.05, 3.63) is 18.2 Å². The second-order valence-corrected chi connectivity index (χ2v) is 2.39. The fourth-order valence-electron chi connectivity index (χ4n) is 1.05. The summed E-state index contributed by atoms with van der Waals surface area (Å²) in [5.74, 6) is 0.735. The van der Waals surface area contributed by atoms with Gasteiger partial charge in [0.15, 0.2) is 5.58 Å². The molecule has 5 heteroatoms. The molecule has 4 nitrogen and oxygen atoms in total. The number of ether oxygens (including phenoxy) is 1. The molecule has 2 N–H and O–H groups in total. The number of fused-ring (bicyclic) bond motifs is 1. The Morgan fingerprint density at radius 2 is 2.23 bits per heavy atom. The zero-order valence-electron chi connectivity index (χ0n) is 6.98. The lowest BCUT2D eigenvalue weighted by Crippen LogP contribution is -1.81. The van der Waals surface area contributed by atoms with E-state index < -0.39 is 0 Å². The third-order valence-electron chi connectivity index (χ3n) is 1.61. The molecular weight excluding hydrogens is 192 g/mol. The smallest absolute Gasteiger partial charge is 0.292 e. The predicted molar refractivity (Wildman–Crippen MR) is 52.2 cm³/mol. The molecule has 0 aliphatic rings. The zero-order valence-corrected chi connectivity index (χ0v) is 7.80. The Morgan fingerprint density at radius 1 is 1.46 bits per heavy atom. The van der Waals surface area contributed by atoms with Crippen molar-refractivity contribution in [3.63, 3.8) is 0 Å². The Morgan fingerprint density at radius 3 is 2.92 bits per heavy atom. The first-order valence-electron chi connectivity index (χ1n) is 3.49. The van der Waals surface area contributed by atoms with Crippen LogP contribution < -0.4 is 10.5 Å². The van der Waals surface area contributed by atoms with Crippen LogP contribution in [-0.4, -0.2) is 12.1 Å². The minimum atomic E-state index is 0. The van der Waals surface area contributed by atoms with Crippen molar-refractivity contribution < 1.29 is 9.15 Å². The summed E-state index contributed by atoms with van der Waals surface area (Å²) in [6.45, 7) is 0. The van der Waals surface area contributed by atoms with Crippen LogP contribution >= 0.6 is 12.4 Å². The molecule has 2 rings (SSSR count). The summed E-state index contributed by atoms with van der Waals surface area (Å²) in [4.78, 5) is 3.94. The number of nitrogen functional groups attached to an aromatic ring is 1. The molecular formula is C8H9ClN2O2. The summed E-state index contributed by atoms with van der Waals surface area (Å²) < 4.78 is 10.1. The predicted octanol–water partition coefficient (Wildman–Crippen LogP) is 1.84. The molecule has 0 aliphatic carbocycles. The summed E-state index contributed by atoms with van der Waals surface area (Å²) in [6.07, 6.45) is 0. The van der Waals surface area contributed by atoms with E-state index in [0.717, 1.165) is 11.3 Å². The lowest BCUT2D eigenvalue weighted by Gasteiger charge is -1.95. The van der Waals surface area contributed by atoms with Crippen LogP contribution in [-0.2, 0) is 0 Å². The quantitative estimate of drug-likeness (QED) is 0.763. The number of halogens is 1. The third kappa shape index (κ3) is 1.67. The van der Waals surface area contributed by atoms with Gasteiger partial charge < -0.3 is 14.9 Å². The first-order valence-corrected chi connectivity index (χ1v) is 3.49. The highest BCUT2D eigenvalue weighted by atomic mass is 35.5. The number of oxazole rings is 1. The molecule has 0 amide bonds. The lowest BCUT2D eigenvalue weighted by molar-refractivity contribution is 0.414. The number of benzene rings is 1. The number of hydrogen-bond acceptors (Lipinski definition) is 4. The van der Waals surface area contributed by atoms with Crippen molar-refractivity contribution in [2.45, 2.75) is 0 Å². The molecule has 70 valence electrons. The number of nitrogens with two attached hydrogens (primary N) is 1. The summed E-state index contributed by atoms with van der Waals surface area (Å²) in [5, 5.41) is 0. The molecule has 0 atom stereocenters. The van der Waals surface area contributed by atoms with Gasteiger partial charge in [0.25, 0.3) is 6.01 Å². The van der Waals surface area contributed by atoms with Gasteiger partial charge in [-0.15, -0.1) is 12.4 Å². The molecule has 0 unspecified atom stereocenters. The van der Waals surface area contributed by atoms with Crippen molar-refractivity contribution in [3.8, 4) is 5.75 Å². The second kappa shape index (κ2) is 3.53. The number of nitrogens with zero attached hydrogens (tertiary/aromatic N) is 1. The first kappa shape index (κ1) is 9.67. The van der Waals surface area contributed by atoms with Crippen molar-refractivity contribution in [2.24, 2.45) is 0 Å². The first-order chi connectivity index (χ1) is 5.79. The van der Waals surface area contributed by atoms with Crippen LogP contribution in [0.25, 0.3) is 11.1 Å². The van der Waals surface area contributed by atoms with Gasteiger partial charge in [0.2, 0.25) is 0 Å². The van der Waals surface area contributed by atoms with Crippen LogP contribution in [0.5, 0.6) is 5.75 Å². The number of methoxy groups -OCH3 is 1. The highest BCUT2D eigenvalue weighted by Gasteiger charge is 2.02. The van der Waals surface area contributed by atoms with E-state index in [9.17, 15) is 0 Å². The molecule has 13 heavy (non-hydrogen) atoms. The normalized spacial score (nSPS) is 9.62. The average molecular weight is 201 g/mol. The number of aromatic nitrogens is 1. The molecule has 1 heterocycles. The van der Waals surface area contributed by atoms with Crippen molar-refractivity contribution in [2.75, 3.05) is 12.8 Å². The number of anilines is 1. The molecule has 0 bridgehead atoms. The van der Waals surface area contributed by atoms with Gasteiger partial charge in [-0.2, -0.15) is 4.98 Å². The van der Waals surface area contributed by atoms with Gasteiger partial charge in [-0.05, 0) is 12.1 Å². The van der Waals surface area contributed by atoms with Gasteiger partial charge in [-0.3, -0.25) is 0 Å². The second-order valence-electron chi connectivity index (χ2n) is 2.39. The molecule has 0 aliphatic heterocycles. The van der Waals surface area contributed by atoms with Gasteiger partial charge in [-0.25, -0.2) is 0 Å². The summed E-state index contributed by atoms with van der Waals surface area (Å²) >= 11 is 0. The standard InChI is InChI=1S/C8H8N2O2.ClH/c1-11-5-2-3-6-7(4-5)12-8(9)10-6;/h2-4H,1H3,(H2,9,10);1H. The molecule has 0 fully saturated rings. The largest absolute Gasteiger partial charge is 0.497 e. The van der Waals surface area contributed by atoms with E-state index in [1.807, 2.05) is 6.07 Å². The maximum atomic E-state index is 5.36. The van der Waals surface area contributed by atoms with E-state index in [4.69, 9.17) is 14.9 Å². The maximum absolute atomic E-state index is 5.36. The maximum Gasteiger partial charge on any atom is 0.292 e. The van der Waals surface area contributed by atoms with Crippen LogP contribution in [0.1, 0.15) is 0 Å². The average Bonchev–Trinajstić information content (AvgIpc) is 2.43. The zero-order chi connectivity index (χ0) is 8.55. The molecule has 1 aromatic carbocycles. The molecule has 2 aromatic rings. The van der Waals surface area contributed by atoms with Crippen LogP contribution in [0.4, 0.5) is 6.01 Å². The van der Waals surface area contributed by atoms with Crippen LogP contribution in [0.15, 0.2) is 22.6 Å². The fourth-order valence-corrected chi connectivity index (χ4v) is 1.05. The molecule has 0 spiro atoms. The van der Waals surface area contributed by atoms with Crippen molar-refractivity contribution in [1.29, 1.82) is 0 Å². The topological polar surface area (TPSA) is 61.3 Å². The van der Waals surface area contributed by atoms with Crippen LogP contribution in [0.2, 0.25) is 0 Å².